The lowest BCUT2D eigenvalue weighted by Gasteiger charge is -2.05. The summed E-state index contributed by atoms with van der Waals surface area (Å²) in [6, 6.07) is 14.3. The van der Waals surface area contributed by atoms with Gasteiger partial charge in [0.25, 0.3) is 0 Å². The third kappa shape index (κ3) is 1.68. The van der Waals surface area contributed by atoms with Gasteiger partial charge in [0.2, 0.25) is 0 Å². The first-order valence-electron chi connectivity index (χ1n) is 5.29. The van der Waals surface area contributed by atoms with Crippen LogP contribution in [0, 0.1) is 5.51 Å². The van der Waals surface area contributed by atoms with Crippen LogP contribution in [0.15, 0.2) is 42.5 Å². The molecule has 83 valence electrons. The zero-order valence-corrected chi connectivity index (χ0v) is 10.1. The number of hydrogen-bond donors (Lipinski definition) is 0. The molecule has 3 heteroatoms. The molecule has 1 radical (unpaired) electrons. The summed E-state index contributed by atoms with van der Waals surface area (Å²) < 4.78 is 6.42. The van der Waals surface area contributed by atoms with Gasteiger partial charge >= 0.3 is 0 Å². The maximum absolute atomic E-state index is 5.30. The van der Waals surface area contributed by atoms with Gasteiger partial charge in [-0.1, -0.05) is 30.3 Å². The van der Waals surface area contributed by atoms with Crippen molar-refractivity contribution in [3.63, 3.8) is 0 Å². The molecule has 3 aromatic rings. The van der Waals surface area contributed by atoms with Crippen LogP contribution in [0.5, 0.6) is 5.75 Å². The van der Waals surface area contributed by atoms with E-state index in [0.717, 1.165) is 16.0 Å². The van der Waals surface area contributed by atoms with Gasteiger partial charge in [-0.25, -0.2) is 4.98 Å². The van der Waals surface area contributed by atoms with Gasteiger partial charge in [0.15, 0.2) is 5.51 Å². The van der Waals surface area contributed by atoms with Crippen LogP contribution in [0.1, 0.15) is 0 Å². The number of ether oxygens (including phenoxy) is 1. The van der Waals surface area contributed by atoms with Crippen molar-refractivity contribution in [1.29, 1.82) is 0 Å². The van der Waals surface area contributed by atoms with E-state index in [1.54, 1.807) is 7.11 Å². The molecular weight excluding hydrogens is 230 g/mol. The van der Waals surface area contributed by atoms with Gasteiger partial charge in [0.05, 0.1) is 11.8 Å². The van der Waals surface area contributed by atoms with Gasteiger partial charge in [-0.05, 0) is 17.7 Å². The van der Waals surface area contributed by atoms with Crippen LogP contribution >= 0.6 is 11.3 Å². The molecule has 0 fully saturated rings. The van der Waals surface area contributed by atoms with Crippen LogP contribution in [0.25, 0.3) is 21.3 Å². The molecule has 0 saturated carbocycles. The van der Waals surface area contributed by atoms with Gasteiger partial charge in [0, 0.05) is 5.56 Å². The summed E-state index contributed by atoms with van der Waals surface area (Å²) in [6.07, 6.45) is 0. The van der Waals surface area contributed by atoms with Gasteiger partial charge in [-0.15, -0.1) is 11.3 Å². The van der Waals surface area contributed by atoms with Crippen LogP contribution in [0.4, 0.5) is 0 Å². The Hall–Kier alpha value is -1.87. The number of aromatic nitrogens is 1. The van der Waals surface area contributed by atoms with Crippen molar-refractivity contribution in [1.82, 2.24) is 4.98 Å². The Morgan fingerprint density at radius 2 is 1.94 bits per heavy atom. The van der Waals surface area contributed by atoms with E-state index in [2.05, 4.69) is 28.7 Å². The Bertz CT molecular complexity index is 646. The molecular formula is C14H10NOS. The average Bonchev–Trinajstić information content (AvgIpc) is 2.88. The molecule has 0 atom stereocenters. The molecule has 2 nitrogen and oxygen atoms in total. The number of hydrogen-bond acceptors (Lipinski definition) is 3. The van der Waals surface area contributed by atoms with E-state index in [1.807, 2.05) is 24.3 Å². The van der Waals surface area contributed by atoms with Crippen LogP contribution < -0.4 is 4.74 Å². The molecule has 0 aliphatic carbocycles. The average molecular weight is 240 g/mol. The Morgan fingerprint density at radius 1 is 1.12 bits per heavy atom. The van der Waals surface area contributed by atoms with Crippen molar-refractivity contribution in [3.05, 3.63) is 48.0 Å². The summed E-state index contributed by atoms with van der Waals surface area (Å²) in [5.41, 5.74) is 6.20. The number of fused-ring (bicyclic) bond motifs is 1. The van der Waals surface area contributed by atoms with Crippen molar-refractivity contribution < 1.29 is 4.74 Å². The highest BCUT2D eigenvalue weighted by atomic mass is 32.1. The zero-order chi connectivity index (χ0) is 11.7. The highest BCUT2D eigenvalue weighted by Crippen LogP contribution is 2.35. The fourth-order valence-electron chi connectivity index (χ4n) is 1.89. The minimum Gasteiger partial charge on any atom is -0.494 e. The Morgan fingerprint density at radius 3 is 2.71 bits per heavy atom. The second-order valence-electron chi connectivity index (χ2n) is 3.66. The number of benzene rings is 2. The third-order valence-electron chi connectivity index (χ3n) is 2.70. The first-order chi connectivity index (χ1) is 8.40. The van der Waals surface area contributed by atoms with Crippen molar-refractivity contribution in [2.45, 2.75) is 0 Å². The van der Waals surface area contributed by atoms with Crippen molar-refractivity contribution in [2.24, 2.45) is 0 Å². The van der Waals surface area contributed by atoms with E-state index in [0.29, 0.717) is 0 Å². The molecule has 0 aliphatic heterocycles. The lowest BCUT2D eigenvalue weighted by atomic mass is 10.1. The summed E-state index contributed by atoms with van der Waals surface area (Å²) in [6.45, 7) is 0. The normalized spacial score (nSPS) is 10.6. The second kappa shape index (κ2) is 4.18. The molecule has 1 aromatic heterocycles. The van der Waals surface area contributed by atoms with Gasteiger partial charge in [-0.2, -0.15) is 0 Å². The molecule has 0 spiro atoms. The van der Waals surface area contributed by atoms with Crippen molar-refractivity contribution in [2.75, 3.05) is 7.11 Å². The Balaban J connectivity index is 2.29. The molecule has 17 heavy (non-hydrogen) atoms. The summed E-state index contributed by atoms with van der Waals surface area (Å²) in [4.78, 5) is 4.24. The maximum Gasteiger partial charge on any atom is 0.153 e. The van der Waals surface area contributed by atoms with E-state index < -0.39 is 0 Å². The number of nitrogens with zero attached hydrogens (tertiary/aromatic N) is 1. The second-order valence-corrected chi connectivity index (χ2v) is 4.46. The number of thiazole rings is 1. The first kappa shape index (κ1) is 10.3. The minimum absolute atomic E-state index is 0.803. The molecule has 3 rings (SSSR count). The summed E-state index contributed by atoms with van der Waals surface area (Å²) in [5, 5.41) is 0. The van der Waals surface area contributed by atoms with E-state index in [4.69, 9.17) is 4.74 Å². The summed E-state index contributed by atoms with van der Waals surface area (Å²) >= 11 is 1.52. The highest BCUT2D eigenvalue weighted by Gasteiger charge is 2.10. The summed E-state index contributed by atoms with van der Waals surface area (Å²) in [5.74, 6) is 0.803. The monoisotopic (exact) mass is 240 g/mol. The quantitative estimate of drug-likeness (QED) is 0.680. The fourth-order valence-corrected chi connectivity index (χ4v) is 2.65. The molecule has 2 aromatic carbocycles. The van der Waals surface area contributed by atoms with Crippen molar-refractivity contribution in [3.8, 4) is 16.9 Å². The van der Waals surface area contributed by atoms with Crippen LogP contribution in [-0.4, -0.2) is 12.1 Å². The SMILES string of the molecule is COc1ccc(-c2ccccc2)c2s[c]nc12. The van der Waals surface area contributed by atoms with E-state index >= 15 is 0 Å². The zero-order valence-electron chi connectivity index (χ0n) is 9.31. The predicted molar refractivity (Wildman–Crippen MR) is 70.4 cm³/mol. The van der Waals surface area contributed by atoms with E-state index in [1.165, 1.54) is 22.5 Å². The number of methoxy groups -OCH3 is 1. The number of rotatable bonds is 2. The topological polar surface area (TPSA) is 22.1 Å². The van der Waals surface area contributed by atoms with Crippen LogP contribution in [-0.2, 0) is 0 Å². The lowest BCUT2D eigenvalue weighted by molar-refractivity contribution is 0.419. The van der Waals surface area contributed by atoms with Gasteiger partial charge < -0.3 is 4.74 Å². The molecule has 0 N–H and O–H groups in total. The Kier molecular flexibility index (Phi) is 2.53. The van der Waals surface area contributed by atoms with E-state index in [-0.39, 0.29) is 0 Å². The van der Waals surface area contributed by atoms with Crippen molar-refractivity contribution >= 4 is 21.6 Å². The molecule has 0 aliphatic rings. The molecule has 0 bridgehead atoms. The first-order valence-corrected chi connectivity index (χ1v) is 6.11. The lowest BCUT2D eigenvalue weighted by Crippen LogP contribution is -1.85. The maximum atomic E-state index is 5.30. The molecule has 0 unspecified atom stereocenters. The van der Waals surface area contributed by atoms with Crippen LogP contribution in [0.3, 0.4) is 0 Å². The highest BCUT2D eigenvalue weighted by molar-refractivity contribution is 7.17. The largest absolute Gasteiger partial charge is 0.494 e. The fraction of sp³-hybridized carbons (Fsp3) is 0.0714. The molecule has 0 amide bonds. The summed E-state index contributed by atoms with van der Waals surface area (Å²) in [7, 11) is 1.66. The third-order valence-corrected chi connectivity index (χ3v) is 3.50. The van der Waals surface area contributed by atoms with Gasteiger partial charge in [-0.3, -0.25) is 0 Å². The standard InChI is InChI=1S/C14H10NOS/c1-16-12-8-7-11(10-5-3-2-4-6-10)14-13(12)15-9-17-14/h2-8H,1H3. The van der Waals surface area contributed by atoms with Gasteiger partial charge in [0.1, 0.15) is 11.3 Å². The minimum atomic E-state index is 0.803. The van der Waals surface area contributed by atoms with Crippen LogP contribution in [0.2, 0.25) is 0 Å². The predicted octanol–water partition coefficient (Wildman–Crippen LogP) is 3.77. The molecule has 0 saturated heterocycles. The Labute approximate surface area is 104 Å². The smallest absolute Gasteiger partial charge is 0.153 e. The van der Waals surface area contributed by atoms with E-state index in [9.17, 15) is 0 Å². The molecule has 1 heterocycles.